The van der Waals surface area contributed by atoms with Gasteiger partial charge in [0.15, 0.2) is 0 Å². The fraction of sp³-hybridized carbons (Fsp3) is 0.500. The van der Waals surface area contributed by atoms with Crippen LogP contribution < -0.4 is 4.90 Å². The number of carbonyl (C=O) groups excluding carboxylic acids is 1. The van der Waals surface area contributed by atoms with E-state index in [-0.39, 0.29) is 29.8 Å². The molecule has 7 nitrogen and oxygen atoms in total. The summed E-state index contributed by atoms with van der Waals surface area (Å²) in [5, 5.41) is 9.20. The zero-order valence-electron chi connectivity index (χ0n) is 13.6. The second-order valence-corrected chi connectivity index (χ2v) is 8.35. The van der Waals surface area contributed by atoms with Gasteiger partial charge in [-0.05, 0) is 43.5 Å². The Balaban J connectivity index is 1.95. The van der Waals surface area contributed by atoms with Gasteiger partial charge in [-0.25, -0.2) is 8.42 Å². The third-order valence-corrected chi connectivity index (χ3v) is 6.88. The average Bonchev–Trinajstić information content (AvgIpc) is 2.81. The maximum atomic E-state index is 13.0. The number of carboxylic acid groups (broad SMARTS) is 1. The number of carbonyl (C=O) groups is 2. The molecule has 2 heterocycles. The molecule has 0 aromatic heterocycles. The molecular weight excluding hydrogens is 332 g/mol. The molecule has 1 aromatic carbocycles. The maximum absolute atomic E-state index is 13.0. The largest absolute Gasteiger partial charge is 0.481 e. The second kappa shape index (κ2) is 5.86. The van der Waals surface area contributed by atoms with Gasteiger partial charge in [0, 0.05) is 25.3 Å². The van der Waals surface area contributed by atoms with Crippen LogP contribution in [-0.2, 0) is 26.0 Å². The summed E-state index contributed by atoms with van der Waals surface area (Å²) in [6, 6.07) is 4.41. The number of rotatable bonds is 3. The van der Waals surface area contributed by atoms with Gasteiger partial charge in [-0.2, -0.15) is 4.31 Å². The quantitative estimate of drug-likeness (QED) is 0.878. The first-order valence-electron chi connectivity index (χ1n) is 7.86. The van der Waals surface area contributed by atoms with Crippen molar-refractivity contribution in [1.29, 1.82) is 0 Å². The van der Waals surface area contributed by atoms with Crippen molar-refractivity contribution >= 4 is 27.6 Å². The van der Waals surface area contributed by atoms with Crippen molar-refractivity contribution in [2.24, 2.45) is 5.92 Å². The molecule has 1 N–H and O–H groups in total. The van der Waals surface area contributed by atoms with Crippen LogP contribution in [0, 0.1) is 5.92 Å². The van der Waals surface area contributed by atoms with E-state index < -0.39 is 21.9 Å². The van der Waals surface area contributed by atoms with Gasteiger partial charge in [-0.3, -0.25) is 9.59 Å². The zero-order valence-corrected chi connectivity index (χ0v) is 14.4. The van der Waals surface area contributed by atoms with Crippen molar-refractivity contribution in [1.82, 2.24) is 4.31 Å². The Morgan fingerprint density at radius 2 is 2.00 bits per heavy atom. The minimum absolute atomic E-state index is 0.0191. The van der Waals surface area contributed by atoms with E-state index in [9.17, 15) is 23.1 Å². The molecule has 2 unspecified atom stereocenters. The Labute approximate surface area is 140 Å². The number of carboxylic acids is 1. The van der Waals surface area contributed by atoms with Crippen LogP contribution in [0.2, 0.25) is 0 Å². The van der Waals surface area contributed by atoms with Crippen LogP contribution in [0.1, 0.15) is 25.3 Å². The topological polar surface area (TPSA) is 95.0 Å². The Morgan fingerprint density at radius 3 is 2.67 bits per heavy atom. The lowest BCUT2D eigenvalue weighted by Crippen LogP contribution is -2.47. The summed E-state index contributed by atoms with van der Waals surface area (Å²) in [5.74, 6) is -1.72. The zero-order chi connectivity index (χ0) is 17.6. The summed E-state index contributed by atoms with van der Waals surface area (Å²) in [6.07, 6.45) is 1.18. The van der Waals surface area contributed by atoms with Crippen LogP contribution in [0.15, 0.2) is 23.1 Å². The van der Waals surface area contributed by atoms with Crippen LogP contribution in [0.5, 0.6) is 0 Å². The predicted molar refractivity (Wildman–Crippen MR) is 87.3 cm³/mol. The van der Waals surface area contributed by atoms with E-state index in [0.717, 1.165) is 0 Å². The SMILES string of the molecule is CC1CCC(C(=O)O)CN1S(=O)(=O)c1ccc2c(c1)CC(=O)N2C. The molecule has 2 aliphatic rings. The minimum Gasteiger partial charge on any atom is -0.481 e. The molecule has 3 rings (SSSR count). The number of likely N-dealkylation sites (N-methyl/N-ethyl adjacent to an activating group) is 1. The number of aliphatic carboxylic acids is 1. The molecule has 1 aromatic rings. The Kier molecular flexibility index (Phi) is 4.13. The van der Waals surface area contributed by atoms with E-state index in [2.05, 4.69) is 0 Å². The van der Waals surface area contributed by atoms with Gasteiger partial charge >= 0.3 is 5.97 Å². The van der Waals surface area contributed by atoms with Gasteiger partial charge in [-0.15, -0.1) is 0 Å². The number of nitrogens with zero attached hydrogens (tertiary/aromatic N) is 2. The lowest BCUT2D eigenvalue weighted by molar-refractivity contribution is -0.143. The van der Waals surface area contributed by atoms with Gasteiger partial charge < -0.3 is 10.0 Å². The van der Waals surface area contributed by atoms with Crippen molar-refractivity contribution < 1.29 is 23.1 Å². The average molecular weight is 352 g/mol. The first-order chi connectivity index (χ1) is 11.2. The Morgan fingerprint density at radius 1 is 1.29 bits per heavy atom. The molecule has 1 amide bonds. The van der Waals surface area contributed by atoms with Crippen molar-refractivity contribution in [3.05, 3.63) is 23.8 Å². The number of hydrogen-bond acceptors (Lipinski definition) is 4. The molecule has 1 saturated heterocycles. The summed E-state index contributed by atoms with van der Waals surface area (Å²) < 4.78 is 27.2. The number of anilines is 1. The van der Waals surface area contributed by atoms with E-state index >= 15 is 0 Å². The third kappa shape index (κ3) is 2.69. The van der Waals surface area contributed by atoms with E-state index in [1.807, 2.05) is 0 Å². The van der Waals surface area contributed by atoms with E-state index in [1.165, 1.54) is 21.3 Å². The lowest BCUT2D eigenvalue weighted by Gasteiger charge is -2.35. The van der Waals surface area contributed by atoms with E-state index in [1.54, 1.807) is 20.0 Å². The van der Waals surface area contributed by atoms with Crippen LogP contribution in [0.4, 0.5) is 5.69 Å². The second-order valence-electron chi connectivity index (χ2n) is 6.46. The molecule has 0 radical (unpaired) electrons. The number of hydrogen-bond donors (Lipinski definition) is 1. The standard InChI is InChI=1S/C16H20N2O5S/c1-10-3-4-11(16(20)21)9-18(10)24(22,23)13-5-6-14-12(7-13)8-15(19)17(14)2/h5-7,10-11H,3-4,8-9H2,1-2H3,(H,20,21). The third-order valence-electron chi connectivity index (χ3n) is 4.91. The number of benzene rings is 1. The monoisotopic (exact) mass is 352 g/mol. The fourth-order valence-electron chi connectivity index (χ4n) is 3.35. The molecule has 0 aliphatic carbocycles. The summed E-state index contributed by atoms with van der Waals surface area (Å²) >= 11 is 0. The number of sulfonamides is 1. The van der Waals surface area contributed by atoms with Gasteiger partial charge in [0.1, 0.15) is 0 Å². The van der Waals surface area contributed by atoms with Crippen LogP contribution in [0.25, 0.3) is 0 Å². The first-order valence-corrected chi connectivity index (χ1v) is 9.30. The highest BCUT2D eigenvalue weighted by Gasteiger charge is 2.38. The van der Waals surface area contributed by atoms with Crippen molar-refractivity contribution in [3.63, 3.8) is 0 Å². The van der Waals surface area contributed by atoms with E-state index in [0.29, 0.717) is 24.1 Å². The number of fused-ring (bicyclic) bond motifs is 1. The minimum atomic E-state index is -3.79. The fourth-order valence-corrected chi connectivity index (χ4v) is 5.11. The molecule has 2 aliphatic heterocycles. The Bertz CT molecular complexity index is 805. The highest BCUT2D eigenvalue weighted by atomic mass is 32.2. The molecule has 0 spiro atoms. The number of amides is 1. The first kappa shape index (κ1) is 16.9. The van der Waals surface area contributed by atoms with Crippen LogP contribution in [-0.4, -0.2) is 49.3 Å². The van der Waals surface area contributed by atoms with E-state index in [4.69, 9.17) is 0 Å². The molecule has 0 saturated carbocycles. The molecule has 2 atom stereocenters. The summed E-state index contributed by atoms with van der Waals surface area (Å²) in [7, 11) is -2.13. The van der Waals surface area contributed by atoms with Crippen LogP contribution >= 0.6 is 0 Å². The van der Waals surface area contributed by atoms with Gasteiger partial charge in [0.2, 0.25) is 15.9 Å². The highest BCUT2D eigenvalue weighted by Crippen LogP contribution is 2.33. The lowest BCUT2D eigenvalue weighted by atomic mass is 9.96. The van der Waals surface area contributed by atoms with Gasteiger partial charge in [0.05, 0.1) is 17.2 Å². The smallest absolute Gasteiger partial charge is 0.307 e. The molecule has 8 heteroatoms. The predicted octanol–water partition coefficient (Wildman–Crippen LogP) is 1.08. The molecular formula is C16H20N2O5S. The number of piperidine rings is 1. The molecule has 24 heavy (non-hydrogen) atoms. The summed E-state index contributed by atoms with van der Waals surface area (Å²) in [5.41, 5.74) is 1.40. The van der Waals surface area contributed by atoms with Crippen molar-refractivity contribution in [2.45, 2.75) is 37.1 Å². The summed E-state index contributed by atoms with van der Waals surface area (Å²) in [6.45, 7) is 1.77. The van der Waals surface area contributed by atoms with Gasteiger partial charge in [0.25, 0.3) is 0 Å². The Hall–Kier alpha value is -1.93. The normalized spacial score (nSPS) is 24.9. The molecule has 1 fully saturated rings. The molecule has 0 bridgehead atoms. The summed E-state index contributed by atoms with van der Waals surface area (Å²) in [4.78, 5) is 24.6. The molecule has 130 valence electrons. The van der Waals surface area contributed by atoms with Crippen molar-refractivity contribution in [2.75, 3.05) is 18.5 Å². The highest BCUT2D eigenvalue weighted by molar-refractivity contribution is 7.89. The van der Waals surface area contributed by atoms with Gasteiger partial charge in [-0.1, -0.05) is 0 Å². The van der Waals surface area contributed by atoms with Crippen molar-refractivity contribution in [3.8, 4) is 0 Å². The van der Waals surface area contributed by atoms with Crippen LogP contribution in [0.3, 0.4) is 0 Å². The maximum Gasteiger partial charge on any atom is 0.307 e.